The molecule has 0 amide bonds. The van der Waals surface area contributed by atoms with E-state index in [-0.39, 0.29) is 6.61 Å². The van der Waals surface area contributed by atoms with Crippen LogP contribution < -0.4 is 4.74 Å². The predicted octanol–water partition coefficient (Wildman–Crippen LogP) is 2.77. The zero-order valence-corrected chi connectivity index (χ0v) is 9.28. The molecule has 1 aromatic carbocycles. The number of ether oxygens (including phenoxy) is 2. The Labute approximate surface area is 96.7 Å². The van der Waals surface area contributed by atoms with Crippen LogP contribution in [0.2, 0.25) is 5.02 Å². The van der Waals surface area contributed by atoms with Crippen LogP contribution in [-0.4, -0.2) is 13.6 Å². The molecule has 0 bridgehead atoms. The van der Waals surface area contributed by atoms with E-state index in [0.717, 1.165) is 5.39 Å². The summed E-state index contributed by atoms with van der Waals surface area (Å²) in [5.74, 6) is 0.393. The first-order valence-corrected chi connectivity index (χ1v) is 4.93. The Hall–Kier alpha value is -1.68. The summed E-state index contributed by atoms with van der Waals surface area (Å²) in [4.78, 5) is 10.2. The summed E-state index contributed by atoms with van der Waals surface area (Å²) in [6.45, 7) is 0.504. The molecule has 0 aliphatic rings. The van der Waals surface area contributed by atoms with Gasteiger partial charge >= 0.3 is 0 Å². The quantitative estimate of drug-likeness (QED) is 0.771. The maximum Gasteiger partial charge on any atom is 0.293 e. The van der Waals surface area contributed by atoms with E-state index in [1.807, 2.05) is 0 Å². The number of furan rings is 1. The van der Waals surface area contributed by atoms with Gasteiger partial charge in [-0.3, -0.25) is 4.79 Å². The number of carbonyl (C=O) groups is 1. The lowest BCUT2D eigenvalue weighted by atomic mass is 10.1. The van der Waals surface area contributed by atoms with Crippen LogP contribution in [0.1, 0.15) is 5.56 Å². The Morgan fingerprint density at radius 3 is 2.94 bits per heavy atom. The molecule has 0 aliphatic carbocycles. The lowest BCUT2D eigenvalue weighted by Gasteiger charge is -2.01. The molecule has 0 radical (unpaired) electrons. The monoisotopic (exact) mass is 240 g/mol. The van der Waals surface area contributed by atoms with Crippen LogP contribution in [0.4, 0.5) is 0 Å². The molecule has 0 unspecified atom stereocenters. The molecule has 2 rings (SSSR count). The average Bonchev–Trinajstić information content (AvgIpc) is 2.68. The first kappa shape index (κ1) is 10.8. The van der Waals surface area contributed by atoms with E-state index >= 15 is 0 Å². The molecule has 0 atom stereocenters. The minimum atomic E-state index is 0.122. The summed E-state index contributed by atoms with van der Waals surface area (Å²) in [6.07, 6.45) is 0. The van der Waals surface area contributed by atoms with E-state index in [1.165, 1.54) is 7.11 Å². The van der Waals surface area contributed by atoms with E-state index in [1.54, 1.807) is 18.2 Å². The predicted molar refractivity (Wildman–Crippen MR) is 58.6 cm³/mol. The van der Waals surface area contributed by atoms with Crippen LogP contribution in [0.5, 0.6) is 5.95 Å². The SMILES string of the molecule is COc1cc2cc(Cl)cc(COC=O)c2o1. The van der Waals surface area contributed by atoms with Crippen LogP contribution >= 0.6 is 11.6 Å². The van der Waals surface area contributed by atoms with Gasteiger partial charge in [0.1, 0.15) is 12.2 Å². The van der Waals surface area contributed by atoms with Crippen LogP contribution in [0, 0.1) is 0 Å². The first-order valence-electron chi connectivity index (χ1n) is 4.56. The number of rotatable bonds is 4. The maximum absolute atomic E-state index is 10.2. The summed E-state index contributed by atoms with van der Waals surface area (Å²) >= 11 is 5.93. The number of hydrogen-bond acceptors (Lipinski definition) is 4. The van der Waals surface area contributed by atoms with Crippen molar-refractivity contribution in [3.8, 4) is 5.95 Å². The normalized spacial score (nSPS) is 10.4. The highest BCUT2D eigenvalue weighted by Gasteiger charge is 2.10. The Balaban J connectivity index is 2.52. The second-order valence-electron chi connectivity index (χ2n) is 3.16. The summed E-state index contributed by atoms with van der Waals surface area (Å²) in [5, 5.41) is 1.37. The molecule has 0 N–H and O–H groups in total. The Kier molecular flexibility index (Phi) is 3.01. The van der Waals surface area contributed by atoms with Crippen molar-refractivity contribution < 1.29 is 18.7 Å². The highest BCUT2D eigenvalue weighted by molar-refractivity contribution is 6.31. The molecule has 84 valence electrons. The fourth-order valence-corrected chi connectivity index (χ4v) is 1.74. The summed E-state index contributed by atoms with van der Waals surface area (Å²) in [7, 11) is 1.51. The van der Waals surface area contributed by atoms with Gasteiger partial charge in [-0.05, 0) is 12.1 Å². The zero-order valence-electron chi connectivity index (χ0n) is 8.53. The van der Waals surface area contributed by atoms with Gasteiger partial charge in [-0.2, -0.15) is 0 Å². The number of hydrogen-bond donors (Lipinski definition) is 0. The van der Waals surface area contributed by atoms with E-state index in [4.69, 9.17) is 20.8 Å². The van der Waals surface area contributed by atoms with Crippen molar-refractivity contribution in [3.63, 3.8) is 0 Å². The molecular formula is C11H9ClO4. The van der Waals surface area contributed by atoms with Gasteiger partial charge in [-0.1, -0.05) is 11.6 Å². The van der Waals surface area contributed by atoms with E-state index in [9.17, 15) is 4.79 Å². The van der Waals surface area contributed by atoms with Crippen LogP contribution in [0.25, 0.3) is 11.0 Å². The largest absolute Gasteiger partial charge is 0.468 e. The second-order valence-corrected chi connectivity index (χ2v) is 3.60. The van der Waals surface area contributed by atoms with Crippen molar-refractivity contribution in [3.05, 3.63) is 28.8 Å². The fourth-order valence-electron chi connectivity index (χ4n) is 1.49. The van der Waals surface area contributed by atoms with Crippen molar-refractivity contribution >= 4 is 29.0 Å². The molecule has 1 aromatic heterocycles. The minimum Gasteiger partial charge on any atom is -0.468 e. The lowest BCUT2D eigenvalue weighted by Crippen LogP contribution is -1.90. The third kappa shape index (κ3) is 1.97. The van der Waals surface area contributed by atoms with Gasteiger partial charge in [0.25, 0.3) is 12.4 Å². The summed E-state index contributed by atoms with van der Waals surface area (Å²) < 4.78 is 15.1. The van der Waals surface area contributed by atoms with Gasteiger partial charge in [-0.15, -0.1) is 0 Å². The number of halogens is 1. The number of carbonyl (C=O) groups excluding carboxylic acids is 1. The van der Waals surface area contributed by atoms with Crippen LogP contribution in [0.15, 0.2) is 22.6 Å². The Bertz CT molecular complexity index is 518. The van der Waals surface area contributed by atoms with Gasteiger partial charge in [0.2, 0.25) is 0 Å². The second kappa shape index (κ2) is 4.45. The van der Waals surface area contributed by atoms with Gasteiger partial charge in [0.15, 0.2) is 0 Å². The third-order valence-corrected chi connectivity index (χ3v) is 2.36. The molecule has 0 saturated heterocycles. The molecule has 0 aliphatic heterocycles. The molecule has 0 fully saturated rings. The van der Waals surface area contributed by atoms with Crippen molar-refractivity contribution in [1.29, 1.82) is 0 Å². The summed E-state index contributed by atoms with van der Waals surface area (Å²) in [5.41, 5.74) is 1.32. The lowest BCUT2D eigenvalue weighted by molar-refractivity contribution is -0.129. The number of fused-ring (bicyclic) bond motifs is 1. The first-order chi connectivity index (χ1) is 7.74. The molecule has 4 nitrogen and oxygen atoms in total. The van der Waals surface area contributed by atoms with Crippen molar-refractivity contribution in [2.24, 2.45) is 0 Å². The Morgan fingerprint density at radius 2 is 2.25 bits per heavy atom. The van der Waals surface area contributed by atoms with Crippen molar-refractivity contribution in [2.75, 3.05) is 7.11 Å². The van der Waals surface area contributed by atoms with E-state index < -0.39 is 0 Å². The van der Waals surface area contributed by atoms with Gasteiger partial charge in [0, 0.05) is 22.0 Å². The topological polar surface area (TPSA) is 48.7 Å². The van der Waals surface area contributed by atoms with E-state index in [2.05, 4.69) is 4.74 Å². The molecular weight excluding hydrogens is 232 g/mol. The van der Waals surface area contributed by atoms with Crippen LogP contribution in [-0.2, 0) is 16.1 Å². The fraction of sp³-hybridized carbons (Fsp3) is 0.182. The Morgan fingerprint density at radius 1 is 1.44 bits per heavy atom. The van der Waals surface area contributed by atoms with Gasteiger partial charge < -0.3 is 13.9 Å². The number of methoxy groups -OCH3 is 1. The molecule has 16 heavy (non-hydrogen) atoms. The average molecular weight is 241 g/mol. The molecule has 0 spiro atoms. The molecule has 0 saturated carbocycles. The van der Waals surface area contributed by atoms with Crippen LogP contribution in [0.3, 0.4) is 0 Å². The smallest absolute Gasteiger partial charge is 0.293 e. The maximum atomic E-state index is 10.2. The molecule has 2 aromatic rings. The van der Waals surface area contributed by atoms with E-state index in [0.29, 0.717) is 28.6 Å². The van der Waals surface area contributed by atoms with Crippen molar-refractivity contribution in [2.45, 2.75) is 6.61 Å². The molecule has 1 heterocycles. The molecule has 5 heteroatoms. The zero-order chi connectivity index (χ0) is 11.5. The van der Waals surface area contributed by atoms with Gasteiger partial charge in [0.05, 0.1) is 7.11 Å². The highest BCUT2D eigenvalue weighted by atomic mass is 35.5. The summed E-state index contributed by atoms with van der Waals surface area (Å²) in [6, 6.07) is 5.18. The highest BCUT2D eigenvalue weighted by Crippen LogP contribution is 2.30. The number of benzene rings is 1. The van der Waals surface area contributed by atoms with Gasteiger partial charge in [-0.25, -0.2) is 0 Å². The standard InChI is InChI=1S/C11H9ClO4/c1-14-10-4-7-2-9(12)3-8(5-15-6-13)11(7)16-10/h2-4,6H,5H2,1H3. The minimum absolute atomic E-state index is 0.122. The van der Waals surface area contributed by atoms with Crippen molar-refractivity contribution in [1.82, 2.24) is 0 Å². The third-order valence-electron chi connectivity index (χ3n) is 2.14.